The first-order chi connectivity index (χ1) is 13.7. The molecule has 3 aromatic rings. The molecule has 142 valence electrons. The lowest BCUT2D eigenvalue weighted by molar-refractivity contribution is -0.124. The number of anilines is 1. The first-order valence-corrected chi connectivity index (χ1v) is 10.2. The first-order valence-electron chi connectivity index (χ1n) is 9.35. The average molecular weight is 391 g/mol. The number of hydrogen-bond acceptors (Lipinski definition) is 4. The molecule has 0 spiro atoms. The lowest BCUT2D eigenvalue weighted by Crippen LogP contribution is -2.39. The third-order valence-electron chi connectivity index (χ3n) is 4.81. The van der Waals surface area contributed by atoms with Gasteiger partial charge in [-0.15, -0.1) is 11.3 Å². The summed E-state index contributed by atoms with van der Waals surface area (Å²) in [5.41, 5.74) is 4.15. The van der Waals surface area contributed by atoms with Gasteiger partial charge in [0.15, 0.2) is 0 Å². The SMILES string of the molecule is O=C(CCc1nc(-c2ccccc2)cs1)NCC(=O)N1CCc2ccccc21. The average Bonchev–Trinajstić information content (AvgIpc) is 3.38. The van der Waals surface area contributed by atoms with Gasteiger partial charge >= 0.3 is 0 Å². The maximum atomic E-state index is 12.4. The van der Waals surface area contributed by atoms with Gasteiger partial charge in [0.25, 0.3) is 0 Å². The smallest absolute Gasteiger partial charge is 0.246 e. The van der Waals surface area contributed by atoms with E-state index in [4.69, 9.17) is 0 Å². The fraction of sp³-hybridized carbons (Fsp3) is 0.227. The molecule has 1 N–H and O–H groups in total. The molecule has 5 nitrogen and oxygen atoms in total. The Hall–Kier alpha value is -2.99. The summed E-state index contributed by atoms with van der Waals surface area (Å²) in [6, 6.07) is 17.9. The van der Waals surface area contributed by atoms with Gasteiger partial charge in [-0.25, -0.2) is 4.98 Å². The van der Waals surface area contributed by atoms with Crippen LogP contribution >= 0.6 is 11.3 Å². The largest absolute Gasteiger partial charge is 0.347 e. The van der Waals surface area contributed by atoms with Crippen molar-refractivity contribution in [3.05, 3.63) is 70.5 Å². The second-order valence-electron chi connectivity index (χ2n) is 6.69. The summed E-state index contributed by atoms with van der Waals surface area (Å²) in [5, 5.41) is 5.68. The number of benzene rings is 2. The molecular formula is C22H21N3O2S. The second kappa shape index (κ2) is 8.35. The van der Waals surface area contributed by atoms with Crippen molar-refractivity contribution in [3.63, 3.8) is 0 Å². The van der Waals surface area contributed by atoms with Crippen molar-refractivity contribution >= 4 is 28.8 Å². The normalized spacial score (nSPS) is 12.6. The summed E-state index contributed by atoms with van der Waals surface area (Å²) in [5.74, 6) is -0.198. The summed E-state index contributed by atoms with van der Waals surface area (Å²) in [4.78, 5) is 31.0. The summed E-state index contributed by atoms with van der Waals surface area (Å²) in [6.45, 7) is 0.704. The molecule has 0 aliphatic carbocycles. The highest BCUT2D eigenvalue weighted by atomic mass is 32.1. The number of aryl methyl sites for hydroxylation is 1. The third kappa shape index (κ3) is 4.12. The molecule has 2 amide bonds. The molecule has 28 heavy (non-hydrogen) atoms. The zero-order valence-electron chi connectivity index (χ0n) is 15.4. The van der Waals surface area contributed by atoms with Gasteiger partial charge < -0.3 is 10.2 Å². The molecule has 0 radical (unpaired) electrons. The Morgan fingerprint density at radius 3 is 2.71 bits per heavy atom. The lowest BCUT2D eigenvalue weighted by atomic mass is 10.2. The number of hydrogen-bond donors (Lipinski definition) is 1. The summed E-state index contributed by atoms with van der Waals surface area (Å²) in [6.07, 6.45) is 1.76. The maximum Gasteiger partial charge on any atom is 0.246 e. The number of carbonyl (C=O) groups is 2. The Kier molecular flexibility index (Phi) is 5.48. The number of amides is 2. The molecule has 1 aliphatic heterocycles. The molecule has 0 saturated carbocycles. The highest BCUT2D eigenvalue weighted by molar-refractivity contribution is 7.09. The van der Waals surface area contributed by atoms with Gasteiger partial charge in [0, 0.05) is 36.0 Å². The van der Waals surface area contributed by atoms with Gasteiger partial charge in [0.05, 0.1) is 17.2 Å². The zero-order valence-corrected chi connectivity index (χ0v) is 16.2. The molecule has 4 rings (SSSR count). The van der Waals surface area contributed by atoms with Crippen LogP contribution in [0.1, 0.15) is 17.0 Å². The van der Waals surface area contributed by atoms with Gasteiger partial charge in [-0.05, 0) is 18.1 Å². The Labute approximate surface area is 168 Å². The van der Waals surface area contributed by atoms with Crippen LogP contribution in [0.3, 0.4) is 0 Å². The number of para-hydroxylation sites is 1. The van der Waals surface area contributed by atoms with Gasteiger partial charge in [-0.3, -0.25) is 9.59 Å². The zero-order chi connectivity index (χ0) is 19.3. The number of aromatic nitrogens is 1. The minimum absolute atomic E-state index is 0.0281. The van der Waals surface area contributed by atoms with Crippen LogP contribution in [0, 0.1) is 0 Å². The second-order valence-corrected chi connectivity index (χ2v) is 7.64. The summed E-state index contributed by atoms with van der Waals surface area (Å²) in [7, 11) is 0. The predicted octanol–water partition coefficient (Wildman–Crippen LogP) is 3.45. The number of thiazole rings is 1. The highest BCUT2D eigenvalue weighted by Gasteiger charge is 2.24. The Morgan fingerprint density at radius 2 is 1.86 bits per heavy atom. The Morgan fingerprint density at radius 1 is 1.07 bits per heavy atom. The van der Waals surface area contributed by atoms with E-state index in [1.54, 1.807) is 16.2 Å². The molecule has 0 atom stereocenters. The number of fused-ring (bicyclic) bond motifs is 1. The Balaban J connectivity index is 1.25. The molecule has 2 heterocycles. The van der Waals surface area contributed by atoms with E-state index in [1.165, 1.54) is 5.56 Å². The summed E-state index contributed by atoms with van der Waals surface area (Å²) < 4.78 is 0. The van der Waals surface area contributed by atoms with Gasteiger partial charge in [0.1, 0.15) is 0 Å². The van der Waals surface area contributed by atoms with E-state index >= 15 is 0 Å². The minimum atomic E-state index is -0.128. The maximum absolute atomic E-state index is 12.4. The monoisotopic (exact) mass is 391 g/mol. The molecule has 1 aliphatic rings. The van der Waals surface area contributed by atoms with Gasteiger partial charge in [-0.1, -0.05) is 48.5 Å². The van der Waals surface area contributed by atoms with Crippen molar-refractivity contribution in [2.75, 3.05) is 18.0 Å². The molecule has 6 heteroatoms. The number of rotatable bonds is 6. The molecule has 0 unspecified atom stereocenters. The minimum Gasteiger partial charge on any atom is -0.347 e. The van der Waals surface area contributed by atoms with Crippen LogP contribution in [-0.2, 0) is 22.4 Å². The number of nitrogens with zero attached hydrogens (tertiary/aromatic N) is 2. The lowest BCUT2D eigenvalue weighted by Gasteiger charge is -2.17. The van der Waals surface area contributed by atoms with Crippen molar-refractivity contribution in [1.29, 1.82) is 0 Å². The molecule has 2 aromatic carbocycles. The van der Waals surface area contributed by atoms with Crippen LogP contribution in [0.5, 0.6) is 0 Å². The van der Waals surface area contributed by atoms with E-state index in [0.717, 1.165) is 28.4 Å². The van der Waals surface area contributed by atoms with E-state index < -0.39 is 0 Å². The van der Waals surface area contributed by atoms with Crippen molar-refractivity contribution in [3.8, 4) is 11.3 Å². The van der Waals surface area contributed by atoms with Crippen molar-refractivity contribution in [2.45, 2.75) is 19.3 Å². The number of nitrogens with one attached hydrogen (secondary N) is 1. The van der Waals surface area contributed by atoms with Crippen LogP contribution in [0.4, 0.5) is 5.69 Å². The van der Waals surface area contributed by atoms with E-state index in [1.807, 2.05) is 60.0 Å². The molecule has 0 fully saturated rings. The van der Waals surface area contributed by atoms with Crippen LogP contribution < -0.4 is 10.2 Å². The topological polar surface area (TPSA) is 62.3 Å². The summed E-state index contributed by atoms with van der Waals surface area (Å²) >= 11 is 1.56. The van der Waals surface area contributed by atoms with Gasteiger partial charge in [0.2, 0.25) is 11.8 Å². The fourth-order valence-corrected chi connectivity index (χ4v) is 4.15. The van der Waals surface area contributed by atoms with Crippen LogP contribution in [-0.4, -0.2) is 29.9 Å². The van der Waals surface area contributed by atoms with Crippen molar-refractivity contribution < 1.29 is 9.59 Å². The van der Waals surface area contributed by atoms with E-state index in [-0.39, 0.29) is 18.4 Å². The van der Waals surface area contributed by atoms with Crippen LogP contribution in [0.25, 0.3) is 11.3 Å². The quantitative estimate of drug-likeness (QED) is 0.700. The van der Waals surface area contributed by atoms with E-state index in [9.17, 15) is 9.59 Å². The molecule has 0 bridgehead atoms. The van der Waals surface area contributed by atoms with Crippen molar-refractivity contribution in [1.82, 2.24) is 10.3 Å². The predicted molar refractivity (Wildman–Crippen MR) is 111 cm³/mol. The number of carbonyl (C=O) groups excluding carboxylic acids is 2. The fourth-order valence-electron chi connectivity index (χ4n) is 3.34. The van der Waals surface area contributed by atoms with Crippen LogP contribution in [0.2, 0.25) is 0 Å². The van der Waals surface area contributed by atoms with Crippen LogP contribution in [0.15, 0.2) is 60.0 Å². The standard InChI is InChI=1S/C22H21N3O2S/c26-20(10-11-21-24-18(15-28-21)16-6-2-1-3-7-16)23-14-22(27)25-13-12-17-8-4-5-9-19(17)25/h1-9,15H,10-14H2,(H,23,26). The van der Waals surface area contributed by atoms with E-state index in [0.29, 0.717) is 19.4 Å². The molecule has 1 aromatic heterocycles. The third-order valence-corrected chi connectivity index (χ3v) is 5.72. The van der Waals surface area contributed by atoms with Crippen molar-refractivity contribution in [2.24, 2.45) is 0 Å². The highest BCUT2D eigenvalue weighted by Crippen LogP contribution is 2.27. The Bertz CT molecular complexity index is 984. The van der Waals surface area contributed by atoms with Gasteiger partial charge in [-0.2, -0.15) is 0 Å². The van der Waals surface area contributed by atoms with E-state index in [2.05, 4.69) is 10.3 Å². The molecular weight excluding hydrogens is 370 g/mol. The molecule has 0 saturated heterocycles. The first kappa shape index (κ1) is 18.4.